The van der Waals surface area contributed by atoms with Crippen LogP contribution >= 0.6 is 11.6 Å². The Hall–Kier alpha value is -0.690. The Morgan fingerprint density at radius 3 is 2.95 bits per heavy atom. The maximum atomic E-state index is 12.5. The van der Waals surface area contributed by atoms with Gasteiger partial charge < -0.3 is 0 Å². The molecule has 0 radical (unpaired) electrons. The van der Waals surface area contributed by atoms with Gasteiger partial charge in [0.1, 0.15) is 10.0 Å². The summed E-state index contributed by atoms with van der Waals surface area (Å²) in [5, 5.41) is 0.0260. The fourth-order valence-electron chi connectivity index (χ4n) is 2.64. The first-order valence-electron chi connectivity index (χ1n) is 6.77. The number of halogens is 1. The molecule has 1 aliphatic heterocycles. The van der Waals surface area contributed by atoms with E-state index < -0.39 is 10.0 Å². The number of likely N-dealkylation sites (N-methyl/N-ethyl adjacent to an activating group) is 2. The van der Waals surface area contributed by atoms with Crippen LogP contribution in [0.3, 0.4) is 0 Å². The normalized spacial score (nSPS) is 20.7. The third-order valence-corrected chi connectivity index (χ3v) is 6.05. The number of pyridine rings is 1. The molecular formula is C13H20ClN3O2S. The molecule has 7 heteroatoms. The molecule has 0 N–H and O–H groups in total. The zero-order valence-electron chi connectivity index (χ0n) is 11.8. The zero-order valence-corrected chi connectivity index (χ0v) is 13.4. The van der Waals surface area contributed by atoms with Crippen molar-refractivity contribution in [1.82, 2.24) is 14.2 Å². The second-order valence-corrected chi connectivity index (χ2v) is 7.37. The molecule has 5 nitrogen and oxygen atoms in total. The van der Waals surface area contributed by atoms with E-state index in [0.29, 0.717) is 6.54 Å². The predicted molar refractivity (Wildman–Crippen MR) is 79.3 cm³/mol. The van der Waals surface area contributed by atoms with Gasteiger partial charge in [0, 0.05) is 25.8 Å². The van der Waals surface area contributed by atoms with E-state index in [1.807, 2.05) is 0 Å². The maximum Gasteiger partial charge on any atom is 0.245 e. The van der Waals surface area contributed by atoms with Crippen LogP contribution in [0.25, 0.3) is 0 Å². The predicted octanol–water partition coefficient (Wildman–Crippen LogP) is 1.84. The first kappa shape index (κ1) is 15.7. The van der Waals surface area contributed by atoms with Gasteiger partial charge in [0.15, 0.2) is 0 Å². The third kappa shape index (κ3) is 3.14. The van der Waals surface area contributed by atoms with Gasteiger partial charge >= 0.3 is 0 Å². The van der Waals surface area contributed by atoms with Crippen LogP contribution in [-0.4, -0.2) is 55.3 Å². The lowest BCUT2D eigenvalue weighted by Gasteiger charge is -2.27. The van der Waals surface area contributed by atoms with Gasteiger partial charge in [-0.25, -0.2) is 13.4 Å². The zero-order chi connectivity index (χ0) is 14.8. The molecule has 112 valence electrons. The number of nitrogens with zero attached hydrogens (tertiary/aromatic N) is 3. The SMILES string of the molecule is CCN1CCCC1CN(C)S(=O)(=O)c1cccnc1Cl. The second kappa shape index (κ2) is 6.39. The molecular weight excluding hydrogens is 298 g/mol. The Kier molecular flexibility index (Phi) is 5.01. The number of hydrogen-bond donors (Lipinski definition) is 0. The highest BCUT2D eigenvalue weighted by atomic mass is 35.5. The molecule has 1 saturated heterocycles. The van der Waals surface area contributed by atoms with Crippen LogP contribution in [0, 0.1) is 0 Å². The van der Waals surface area contributed by atoms with Crippen LogP contribution < -0.4 is 0 Å². The number of likely N-dealkylation sites (tertiary alicyclic amines) is 1. The van der Waals surface area contributed by atoms with Crippen LogP contribution in [0.15, 0.2) is 23.2 Å². The van der Waals surface area contributed by atoms with Crippen molar-refractivity contribution in [2.45, 2.75) is 30.7 Å². The molecule has 1 unspecified atom stereocenters. The molecule has 1 atom stereocenters. The molecule has 1 aromatic heterocycles. The highest BCUT2D eigenvalue weighted by Crippen LogP contribution is 2.24. The summed E-state index contributed by atoms with van der Waals surface area (Å²) in [6, 6.07) is 3.36. The van der Waals surface area contributed by atoms with Crippen LogP contribution in [0.1, 0.15) is 19.8 Å². The average molecular weight is 318 g/mol. The van der Waals surface area contributed by atoms with Gasteiger partial charge in [0.05, 0.1) is 0 Å². The first-order chi connectivity index (χ1) is 9.46. The van der Waals surface area contributed by atoms with Gasteiger partial charge in [-0.2, -0.15) is 4.31 Å². The van der Waals surface area contributed by atoms with Crippen molar-refractivity contribution in [2.75, 3.05) is 26.7 Å². The maximum absolute atomic E-state index is 12.5. The summed E-state index contributed by atoms with van der Waals surface area (Å²) in [5.41, 5.74) is 0. The molecule has 1 aromatic rings. The minimum absolute atomic E-state index is 0.0260. The van der Waals surface area contributed by atoms with E-state index in [1.54, 1.807) is 13.1 Å². The van der Waals surface area contributed by atoms with E-state index >= 15 is 0 Å². The second-order valence-electron chi connectivity index (χ2n) is 5.00. The quantitative estimate of drug-likeness (QED) is 0.778. The number of aromatic nitrogens is 1. The summed E-state index contributed by atoms with van der Waals surface area (Å²) in [6.07, 6.45) is 3.64. The Bertz CT molecular complexity index is 564. The van der Waals surface area contributed by atoms with Gasteiger partial charge in [0.25, 0.3) is 0 Å². The Morgan fingerprint density at radius 2 is 2.30 bits per heavy atom. The van der Waals surface area contributed by atoms with Crippen molar-refractivity contribution < 1.29 is 8.42 Å². The first-order valence-corrected chi connectivity index (χ1v) is 8.59. The van der Waals surface area contributed by atoms with Crippen LogP contribution in [0.5, 0.6) is 0 Å². The van der Waals surface area contributed by atoms with Crippen LogP contribution in [-0.2, 0) is 10.0 Å². The van der Waals surface area contributed by atoms with Gasteiger partial charge in [-0.05, 0) is 38.1 Å². The van der Waals surface area contributed by atoms with Crippen molar-refractivity contribution in [2.24, 2.45) is 0 Å². The summed E-state index contributed by atoms with van der Waals surface area (Å²) in [5.74, 6) is 0. The minimum Gasteiger partial charge on any atom is -0.299 e. The lowest BCUT2D eigenvalue weighted by molar-refractivity contribution is 0.237. The van der Waals surface area contributed by atoms with E-state index in [-0.39, 0.29) is 16.1 Å². The topological polar surface area (TPSA) is 53.5 Å². The molecule has 20 heavy (non-hydrogen) atoms. The Labute approximate surface area is 125 Å². The lowest BCUT2D eigenvalue weighted by atomic mass is 10.2. The van der Waals surface area contributed by atoms with Crippen LogP contribution in [0.4, 0.5) is 0 Å². The largest absolute Gasteiger partial charge is 0.299 e. The average Bonchev–Trinajstić information content (AvgIpc) is 2.86. The monoisotopic (exact) mass is 317 g/mol. The molecule has 1 fully saturated rings. The lowest BCUT2D eigenvalue weighted by Crippen LogP contribution is -2.41. The van der Waals surface area contributed by atoms with Gasteiger partial charge in [-0.1, -0.05) is 18.5 Å². The molecule has 0 spiro atoms. The summed E-state index contributed by atoms with van der Waals surface area (Å²) < 4.78 is 26.4. The highest BCUT2D eigenvalue weighted by molar-refractivity contribution is 7.89. The van der Waals surface area contributed by atoms with E-state index in [4.69, 9.17) is 11.6 Å². The summed E-state index contributed by atoms with van der Waals surface area (Å²) >= 11 is 5.90. The van der Waals surface area contributed by atoms with E-state index in [2.05, 4.69) is 16.8 Å². The van der Waals surface area contributed by atoms with Crippen molar-refractivity contribution in [1.29, 1.82) is 0 Å². The summed E-state index contributed by atoms with van der Waals surface area (Å²) in [4.78, 5) is 6.23. The van der Waals surface area contributed by atoms with Gasteiger partial charge in [0.2, 0.25) is 10.0 Å². The Balaban J connectivity index is 2.16. The number of rotatable bonds is 5. The standard InChI is InChI=1S/C13H20ClN3O2S/c1-3-17-9-5-6-11(17)10-16(2)20(18,19)12-7-4-8-15-13(12)14/h4,7-8,11H,3,5-6,9-10H2,1-2H3. The van der Waals surface area contributed by atoms with Gasteiger partial charge in [-0.15, -0.1) is 0 Å². The molecule has 2 heterocycles. The molecule has 0 aromatic carbocycles. The number of hydrogen-bond acceptors (Lipinski definition) is 4. The van der Waals surface area contributed by atoms with Gasteiger partial charge in [-0.3, -0.25) is 4.90 Å². The van der Waals surface area contributed by atoms with Crippen molar-refractivity contribution in [3.63, 3.8) is 0 Å². The Morgan fingerprint density at radius 1 is 1.55 bits per heavy atom. The van der Waals surface area contributed by atoms with Crippen molar-refractivity contribution in [3.05, 3.63) is 23.5 Å². The van der Waals surface area contributed by atoms with Crippen molar-refractivity contribution in [3.8, 4) is 0 Å². The molecule has 1 aliphatic rings. The van der Waals surface area contributed by atoms with E-state index in [0.717, 1.165) is 25.9 Å². The van der Waals surface area contributed by atoms with E-state index in [9.17, 15) is 8.42 Å². The van der Waals surface area contributed by atoms with Crippen molar-refractivity contribution >= 4 is 21.6 Å². The highest BCUT2D eigenvalue weighted by Gasteiger charge is 2.30. The minimum atomic E-state index is -3.58. The molecule has 0 saturated carbocycles. The smallest absolute Gasteiger partial charge is 0.245 e. The molecule has 0 amide bonds. The number of sulfonamides is 1. The molecule has 0 aliphatic carbocycles. The van der Waals surface area contributed by atoms with Crippen LogP contribution in [0.2, 0.25) is 5.15 Å². The van der Waals surface area contributed by atoms with E-state index in [1.165, 1.54) is 16.6 Å². The molecule has 0 bridgehead atoms. The fraction of sp³-hybridized carbons (Fsp3) is 0.615. The fourth-order valence-corrected chi connectivity index (χ4v) is 4.28. The molecule has 2 rings (SSSR count). The third-order valence-electron chi connectivity index (χ3n) is 3.79. The summed E-state index contributed by atoms with van der Waals surface area (Å²) in [7, 11) is -1.97. The summed E-state index contributed by atoms with van der Waals surface area (Å²) in [6.45, 7) is 4.58.